The highest BCUT2D eigenvalue weighted by molar-refractivity contribution is 5.46. The van der Waals surface area contributed by atoms with Gasteiger partial charge in [-0.15, -0.1) is 0 Å². The SMILES string of the molecule is O=c1cc(CCc2ccccc2)nc2c(CNCC3CCNCC3)c[nH]n12. The van der Waals surface area contributed by atoms with E-state index in [-0.39, 0.29) is 5.56 Å². The van der Waals surface area contributed by atoms with Gasteiger partial charge in [-0.05, 0) is 56.8 Å². The molecule has 2 aromatic heterocycles. The van der Waals surface area contributed by atoms with Crippen LogP contribution in [0.5, 0.6) is 0 Å². The molecular weight excluding hydrogens is 338 g/mol. The Morgan fingerprint density at radius 2 is 1.96 bits per heavy atom. The molecule has 4 rings (SSSR count). The molecule has 3 aromatic rings. The second-order valence-corrected chi connectivity index (χ2v) is 7.35. The molecule has 0 unspecified atom stereocenters. The van der Waals surface area contributed by atoms with Crippen molar-refractivity contribution in [3.63, 3.8) is 0 Å². The van der Waals surface area contributed by atoms with Crippen molar-refractivity contribution in [3.05, 3.63) is 69.8 Å². The molecule has 1 saturated heterocycles. The first-order valence-corrected chi connectivity index (χ1v) is 9.84. The lowest BCUT2D eigenvalue weighted by atomic mass is 9.98. The summed E-state index contributed by atoms with van der Waals surface area (Å²) in [5.41, 5.74) is 3.85. The highest BCUT2D eigenvalue weighted by Crippen LogP contribution is 2.12. The van der Waals surface area contributed by atoms with Gasteiger partial charge < -0.3 is 10.6 Å². The summed E-state index contributed by atoms with van der Waals surface area (Å²) in [6, 6.07) is 12.0. The lowest BCUT2D eigenvalue weighted by Gasteiger charge is -2.22. The standard InChI is InChI=1S/C21H27N5O/c27-20-12-19(7-6-16-4-2-1-3-5-16)25-21-18(15-24-26(20)21)14-23-13-17-8-10-22-11-9-17/h1-5,12,15,17,22-24H,6-11,13-14H2. The van der Waals surface area contributed by atoms with Gasteiger partial charge in [-0.2, -0.15) is 0 Å². The van der Waals surface area contributed by atoms with E-state index in [4.69, 9.17) is 4.98 Å². The number of benzene rings is 1. The first-order chi connectivity index (χ1) is 13.3. The smallest absolute Gasteiger partial charge is 0.272 e. The van der Waals surface area contributed by atoms with Crippen LogP contribution in [0.2, 0.25) is 0 Å². The number of nitrogens with zero attached hydrogens (tertiary/aromatic N) is 2. The third kappa shape index (κ3) is 4.46. The van der Waals surface area contributed by atoms with Gasteiger partial charge >= 0.3 is 0 Å². The zero-order valence-electron chi connectivity index (χ0n) is 15.6. The van der Waals surface area contributed by atoms with Gasteiger partial charge in [-0.1, -0.05) is 30.3 Å². The first-order valence-electron chi connectivity index (χ1n) is 9.84. The van der Waals surface area contributed by atoms with E-state index < -0.39 is 0 Å². The van der Waals surface area contributed by atoms with E-state index in [1.807, 2.05) is 24.4 Å². The average Bonchev–Trinajstić information content (AvgIpc) is 3.12. The summed E-state index contributed by atoms with van der Waals surface area (Å²) in [7, 11) is 0. The molecule has 6 nitrogen and oxygen atoms in total. The van der Waals surface area contributed by atoms with Crippen LogP contribution in [0.15, 0.2) is 47.4 Å². The Bertz CT molecular complexity index is 925. The highest BCUT2D eigenvalue weighted by Gasteiger charge is 2.13. The van der Waals surface area contributed by atoms with Crippen LogP contribution in [-0.4, -0.2) is 34.2 Å². The van der Waals surface area contributed by atoms with E-state index in [1.54, 1.807) is 6.07 Å². The van der Waals surface area contributed by atoms with Gasteiger partial charge in [-0.25, -0.2) is 9.50 Å². The maximum Gasteiger partial charge on any atom is 0.272 e. The van der Waals surface area contributed by atoms with Gasteiger partial charge in [0.15, 0.2) is 5.65 Å². The molecule has 1 aliphatic rings. The van der Waals surface area contributed by atoms with Crippen LogP contribution in [0.3, 0.4) is 0 Å². The maximum absolute atomic E-state index is 12.4. The average molecular weight is 365 g/mol. The fourth-order valence-corrected chi connectivity index (χ4v) is 3.75. The van der Waals surface area contributed by atoms with Gasteiger partial charge in [0.05, 0.1) is 0 Å². The van der Waals surface area contributed by atoms with Gasteiger partial charge in [0, 0.05) is 30.1 Å². The van der Waals surface area contributed by atoms with Gasteiger partial charge in [0.1, 0.15) is 0 Å². The van der Waals surface area contributed by atoms with Crippen molar-refractivity contribution in [3.8, 4) is 0 Å². The van der Waals surface area contributed by atoms with E-state index in [1.165, 1.54) is 22.9 Å². The van der Waals surface area contributed by atoms with Gasteiger partial charge in [0.25, 0.3) is 5.56 Å². The summed E-state index contributed by atoms with van der Waals surface area (Å²) in [6.07, 6.45) is 5.99. The minimum atomic E-state index is -0.0485. The van der Waals surface area contributed by atoms with Crippen molar-refractivity contribution in [2.75, 3.05) is 19.6 Å². The zero-order valence-corrected chi connectivity index (χ0v) is 15.6. The number of aromatic nitrogens is 3. The van der Waals surface area contributed by atoms with E-state index in [0.29, 0.717) is 0 Å². The number of H-pyrrole nitrogens is 1. The molecule has 3 heterocycles. The van der Waals surface area contributed by atoms with Crippen molar-refractivity contribution in [1.29, 1.82) is 0 Å². The molecule has 0 amide bonds. The summed E-state index contributed by atoms with van der Waals surface area (Å²) in [6.45, 7) is 3.96. The molecule has 6 heteroatoms. The topological polar surface area (TPSA) is 74.2 Å². The van der Waals surface area contributed by atoms with Crippen LogP contribution < -0.4 is 16.2 Å². The lowest BCUT2D eigenvalue weighted by Crippen LogP contribution is -2.33. The normalized spacial score (nSPS) is 15.4. The number of aromatic amines is 1. The molecule has 0 saturated carbocycles. The number of fused-ring (bicyclic) bond motifs is 1. The molecule has 1 fully saturated rings. The Balaban J connectivity index is 1.43. The Hall–Kier alpha value is -2.44. The van der Waals surface area contributed by atoms with Gasteiger partial charge in [-0.3, -0.25) is 9.89 Å². The summed E-state index contributed by atoms with van der Waals surface area (Å²) >= 11 is 0. The van der Waals surface area contributed by atoms with Crippen LogP contribution in [0.1, 0.15) is 29.7 Å². The third-order valence-corrected chi connectivity index (χ3v) is 5.35. The fraction of sp³-hybridized carbons (Fsp3) is 0.429. The van der Waals surface area contributed by atoms with Crippen molar-refractivity contribution < 1.29 is 0 Å². The van der Waals surface area contributed by atoms with Crippen LogP contribution in [0, 0.1) is 5.92 Å². The second-order valence-electron chi connectivity index (χ2n) is 7.35. The van der Waals surface area contributed by atoms with Crippen LogP contribution in [-0.2, 0) is 19.4 Å². The molecule has 142 valence electrons. The number of nitrogens with one attached hydrogen (secondary N) is 3. The van der Waals surface area contributed by atoms with Crippen molar-refractivity contribution in [1.82, 2.24) is 25.2 Å². The quantitative estimate of drug-likeness (QED) is 0.598. The van der Waals surface area contributed by atoms with E-state index in [2.05, 4.69) is 27.9 Å². The molecule has 27 heavy (non-hydrogen) atoms. The number of rotatable bonds is 7. The maximum atomic E-state index is 12.4. The number of hydrogen-bond donors (Lipinski definition) is 3. The minimum absolute atomic E-state index is 0.0485. The first kappa shape index (κ1) is 17.9. The fourth-order valence-electron chi connectivity index (χ4n) is 3.75. The monoisotopic (exact) mass is 365 g/mol. The molecule has 0 spiro atoms. The predicted octanol–water partition coefficient (Wildman–Crippen LogP) is 1.90. The minimum Gasteiger partial charge on any atom is -0.317 e. The molecule has 0 aliphatic carbocycles. The van der Waals surface area contributed by atoms with Crippen molar-refractivity contribution in [2.45, 2.75) is 32.2 Å². The summed E-state index contributed by atoms with van der Waals surface area (Å²) in [5, 5.41) is 9.98. The highest BCUT2D eigenvalue weighted by atomic mass is 16.1. The molecule has 0 radical (unpaired) electrons. The molecule has 1 aliphatic heterocycles. The second kappa shape index (κ2) is 8.50. The Kier molecular flexibility index (Phi) is 5.65. The predicted molar refractivity (Wildman–Crippen MR) is 107 cm³/mol. The third-order valence-electron chi connectivity index (χ3n) is 5.35. The van der Waals surface area contributed by atoms with Crippen LogP contribution in [0.25, 0.3) is 5.65 Å². The molecule has 0 atom stereocenters. The van der Waals surface area contributed by atoms with E-state index in [0.717, 1.165) is 61.8 Å². The molecule has 1 aromatic carbocycles. The summed E-state index contributed by atoms with van der Waals surface area (Å²) in [5.74, 6) is 0.730. The van der Waals surface area contributed by atoms with E-state index >= 15 is 0 Å². The summed E-state index contributed by atoms with van der Waals surface area (Å²) < 4.78 is 1.54. The number of aryl methyl sites for hydroxylation is 2. The Morgan fingerprint density at radius 1 is 1.15 bits per heavy atom. The van der Waals surface area contributed by atoms with E-state index in [9.17, 15) is 4.79 Å². The van der Waals surface area contributed by atoms with Crippen molar-refractivity contribution >= 4 is 5.65 Å². The Labute approximate surface area is 159 Å². The Morgan fingerprint density at radius 3 is 2.78 bits per heavy atom. The zero-order chi connectivity index (χ0) is 18.5. The molecular formula is C21H27N5O. The van der Waals surface area contributed by atoms with Crippen molar-refractivity contribution in [2.24, 2.45) is 5.92 Å². The summed E-state index contributed by atoms with van der Waals surface area (Å²) in [4.78, 5) is 17.2. The van der Waals surface area contributed by atoms with Gasteiger partial charge in [0.2, 0.25) is 0 Å². The number of piperidine rings is 1. The molecule has 3 N–H and O–H groups in total. The van der Waals surface area contributed by atoms with Crippen LogP contribution >= 0.6 is 0 Å². The molecule has 0 bridgehead atoms. The lowest BCUT2D eigenvalue weighted by molar-refractivity contribution is 0.356. The largest absolute Gasteiger partial charge is 0.317 e. The van der Waals surface area contributed by atoms with Crippen LogP contribution in [0.4, 0.5) is 0 Å². The number of hydrogen-bond acceptors (Lipinski definition) is 4.